The first-order chi connectivity index (χ1) is 12.1. The molecule has 0 aromatic heterocycles. The Labute approximate surface area is 147 Å². The summed E-state index contributed by atoms with van der Waals surface area (Å²) < 4.78 is 10.1. The Balaban J connectivity index is 1.87. The van der Waals surface area contributed by atoms with E-state index >= 15 is 0 Å². The van der Waals surface area contributed by atoms with Crippen LogP contribution >= 0.6 is 0 Å². The normalized spacial score (nSPS) is 13.1. The van der Waals surface area contributed by atoms with E-state index in [0.717, 1.165) is 35.4 Å². The van der Waals surface area contributed by atoms with Gasteiger partial charge >= 0.3 is 5.97 Å². The smallest absolute Gasteiger partial charge is 0.338 e. The monoisotopic (exact) mass is 339 g/mol. The second-order valence-corrected chi connectivity index (χ2v) is 5.97. The highest BCUT2D eigenvalue weighted by molar-refractivity contribution is 5.99. The van der Waals surface area contributed by atoms with Crippen LogP contribution in [0.5, 0.6) is 5.75 Å². The summed E-state index contributed by atoms with van der Waals surface area (Å²) in [6.07, 6.45) is 1.88. The quantitative estimate of drug-likeness (QED) is 0.804. The fourth-order valence-corrected chi connectivity index (χ4v) is 3.24. The van der Waals surface area contributed by atoms with Crippen molar-refractivity contribution in [3.8, 4) is 5.75 Å². The fraction of sp³-hybridized carbons (Fsp3) is 0.300. The molecule has 3 rings (SSSR count). The average molecular weight is 339 g/mol. The number of methoxy groups -OCH3 is 2. The van der Waals surface area contributed by atoms with Crippen LogP contribution in [0.1, 0.15) is 27.9 Å². The Bertz CT molecular complexity index is 800. The van der Waals surface area contributed by atoms with Gasteiger partial charge in [-0.1, -0.05) is 18.2 Å². The van der Waals surface area contributed by atoms with Crippen LogP contribution in [-0.4, -0.2) is 32.6 Å². The zero-order valence-electron chi connectivity index (χ0n) is 14.5. The molecule has 1 amide bonds. The largest absolute Gasteiger partial charge is 0.497 e. The highest BCUT2D eigenvalue weighted by Crippen LogP contribution is 2.31. The second kappa shape index (κ2) is 7.38. The summed E-state index contributed by atoms with van der Waals surface area (Å²) in [7, 11) is 2.98. The Morgan fingerprint density at radius 3 is 2.68 bits per heavy atom. The van der Waals surface area contributed by atoms with Gasteiger partial charge in [-0.05, 0) is 48.2 Å². The number of anilines is 1. The second-order valence-electron chi connectivity index (χ2n) is 5.97. The highest BCUT2D eigenvalue weighted by Gasteiger charge is 2.26. The van der Waals surface area contributed by atoms with Gasteiger partial charge < -0.3 is 14.4 Å². The lowest BCUT2D eigenvalue weighted by Crippen LogP contribution is -2.37. The van der Waals surface area contributed by atoms with E-state index in [-0.39, 0.29) is 11.9 Å². The van der Waals surface area contributed by atoms with Crippen molar-refractivity contribution in [3.63, 3.8) is 0 Å². The van der Waals surface area contributed by atoms with E-state index in [1.165, 1.54) is 7.11 Å². The number of rotatable bonds is 4. The summed E-state index contributed by atoms with van der Waals surface area (Å²) in [4.78, 5) is 26.6. The van der Waals surface area contributed by atoms with Gasteiger partial charge in [-0.2, -0.15) is 0 Å². The summed E-state index contributed by atoms with van der Waals surface area (Å²) in [5, 5.41) is 0. The molecule has 0 fully saturated rings. The van der Waals surface area contributed by atoms with E-state index in [0.29, 0.717) is 18.5 Å². The van der Waals surface area contributed by atoms with Gasteiger partial charge in [-0.3, -0.25) is 4.79 Å². The first-order valence-corrected chi connectivity index (χ1v) is 8.27. The Kier molecular flexibility index (Phi) is 5.03. The molecule has 0 unspecified atom stereocenters. The predicted molar refractivity (Wildman–Crippen MR) is 95.2 cm³/mol. The van der Waals surface area contributed by atoms with E-state index < -0.39 is 0 Å². The number of fused-ring (bicyclic) bond motifs is 1. The van der Waals surface area contributed by atoms with Crippen molar-refractivity contribution >= 4 is 17.6 Å². The standard InChI is InChI=1S/C20H21NO4/c1-24-15-7-3-6-14(12-15)13-19(22)21-11-5-9-16-17(20(23)25-2)8-4-10-18(16)21/h3-4,6-8,10,12H,5,9,11,13H2,1-2H3. The van der Waals surface area contributed by atoms with Gasteiger partial charge in [0.15, 0.2) is 0 Å². The first kappa shape index (κ1) is 17.0. The number of nitrogens with zero attached hydrogens (tertiary/aromatic N) is 1. The van der Waals surface area contributed by atoms with Crippen LogP contribution in [0.2, 0.25) is 0 Å². The van der Waals surface area contributed by atoms with Crippen molar-refractivity contribution in [3.05, 3.63) is 59.2 Å². The zero-order chi connectivity index (χ0) is 17.8. The van der Waals surface area contributed by atoms with E-state index in [1.807, 2.05) is 30.3 Å². The van der Waals surface area contributed by atoms with Gasteiger partial charge in [-0.15, -0.1) is 0 Å². The molecule has 0 saturated carbocycles. The van der Waals surface area contributed by atoms with Gasteiger partial charge in [0, 0.05) is 12.2 Å². The Morgan fingerprint density at radius 2 is 1.92 bits per heavy atom. The molecular formula is C20H21NO4. The molecule has 5 nitrogen and oxygen atoms in total. The molecular weight excluding hydrogens is 318 g/mol. The SMILES string of the molecule is COC(=O)c1cccc2c1CCCN2C(=O)Cc1cccc(OC)c1. The molecule has 0 radical (unpaired) electrons. The van der Waals surface area contributed by atoms with Crippen LogP contribution in [0.25, 0.3) is 0 Å². The van der Waals surface area contributed by atoms with Crippen LogP contribution in [0.3, 0.4) is 0 Å². The summed E-state index contributed by atoms with van der Waals surface area (Å²) in [6, 6.07) is 12.9. The van der Waals surface area contributed by atoms with Gasteiger partial charge in [0.25, 0.3) is 0 Å². The van der Waals surface area contributed by atoms with Crippen LogP contribution < -0.4 is 9.64 Å². The number of esters is 1. The van der Waals surface area contributed by atoms with E-state index in [1.54, 1.807) is 24.1 Å². The molecule has 0 saturated heterocycles. The Morgan fingerprint density at radius 1 is 1.12 bits per heavy atom. The van der Waals surface area contributed by atoms with Crippen LogP contribution in [0, 0.1) is 0 Å². The van der Waals surface area contributed by atoms with Gasteiger partial charge in [0.1, 0.15) is 5.75 Å². The third-order valence-electron chi connectivity index (χ3n) is 4.45. The summed E-state index contributed by atoms with van der Waals surface area (Å²) in [6.45, 7) is 0.653. The summed E-state index contributed by atoms with van der Waals surface area (Å²) in [5.74, 6) is 0.382. The first-order valence-electron chi connectivity index (χ1n) is 8.27. The maximum Gasteiger partial charge on any atom is 0.338 e. The number of carbonyl (C=O) groups is 2. The van der Waals surface area contributed by atoms with Crippen molar-refractivity contribution in [2.45, 2.75) is 19.3 Å². The van der Waals surface area contributed by atoms with Gasteiger partial charge in [-0.25, -0.2) is 4.79 Å². The number of hydrogen-bond donors (Lipinski definition) is 0. The maximum absolute atomic E-state index is 12.8. The molecule has 130 valence electrons. The van der Waals surface area contributed by atoms with Crippen molar-refractivity contribution in [2.75, 3.05) is 25.7 Å². The topological polar surface area (TPSA) is 55.8 Å². The molecule has 2 aromatic rings. The third kappa shape index (κ3) is 3.50. The number of ether oxygens (including phenoxy) is 2. The molecule has 0 atom stereocenters. The number of hydrogen-bond acceptors (Lipinski definition) is 4. The molecule has 1 heterocycles. The molecule has 5 heteroatoms. The molecule has 0 spiro atoms. The lowest BCUT2D eigenvalue weighted by Gasteiger charge is -2.30. The van der Waals surface area contributed by atoms with Gasteiger partial charge in [0.2, 0.25) is 5.91 Å². The van der Waals surface area contributed by atoms with Crippen molar-refractivity contribution in [1.29, 1.82) is 0 Å². The lowest BCUT2D eigenvalue weighted by molar-refractivity contribution is -0.118. The van der Waals surface area contributed by atoms with Crippen LogP contribution in [0.15, 0.2) is 42.5 Å². The maximum atomic E-state index is 12.8. The minimum Gasteiger partial charge on any atom is -0.497 e. The highest BCUT2D eigenvalue weighted by atomic mass is 16.5. The zero-order valence-corrected chi connectivity index (χ0v) is 14.5. The minimum absolute atomic E-state index is 0.0104. The molecule has 2 aromatic carbocycles. The predicted octanol–water partition coefficient (Wildman–Crippen LogP) is 3.00. The third-order valence-corrected chi connectivity index (χ3v) is 4.45. The van der Waals surface area contributed by atoms with Crippen molar-refractivity contribution in [1.82, 2.24) is 0 Å². The molecule has 1 aliphatic heterocycles. The summed E-state index contributed by atoms with van der Waals surface area (Å²) in [5.41, 5.74) is 3.14. The van der Waals surface area contributed by atoms with E-state index in [2.05, 4.69) is 0 Å². The number of carbonyl (C=O) groups excluding carboxylic acids is 2. The Hall–Kier alpha value is -2.82. The molecule has 25 heavy (non-hydrogen) atoms. The fourth-order valence-electron chi connectivity index (χ4n) is 3.24. The summed E-state index contributed by atoms with van der Waals surface area (Å²) >= 11 is 0. The van der Waals surface area contributed by atoms with Crippen LogP contribution in [-0.2, 0) is 22.4 Å². The molecule has 0 bridgehead atoms. The lowest BCUT2D eigenvalue weighted by atomic mass is 9.95. The van der Waals surface area contributed by atoms with Crippen LogP contribution in [0.4, 0.5) is 5.69 Å². The number of amides is 1. The van der Waals surface area contributed by atoms with Crippen molar-refractivity contribution < 1.29 is 19.1 Å². The van der Waals surface area contributed by atoms with E-state index in [9.17, 15) is 9.59 Å². The van der Waals surface area contributed by atoms with Crippen molar-refractivity contribution in [2.24, 2.45) is 0 Å². The molecule has 0 N–H and O–H groups in total. The minimum atomic E-state index is -0.362. The van der Waals surface area contributed by atoms with E-state index in [4.69, 9.17) is 9.47 Å². The molecule has 0 aliphatic carbocycles. The van der Waals surface area contributed by atoms with Gasteiger partial charge in [0.05, 0.1) is 26.2 Å². The number of benzene rings is 2. The average Bonchev–Trinajstić information content (AvgIpc) is 2.66. The molecule has 1 aliphatic rings.